The Hall–Kier alpha value is -5.05. The summed E-state index contributed by atoms with van der Waals surface area (Å²) in [6.45, 7) is 0.652. The first-order valence-corrected chi connectivity index (χ1v) is 16.2. The molecule has 14 heteroatoms. The molecule has 1 aliphatic rings. The number of hydrogen-bond acceptors (Lipinski definition) is 10. The molecule has 0 fully saturated rings. The van der Waals surface area contributed by atoms with Gasteiger partial charge in [-0.25, -0.2) is 0 Å². The van der Waals surface area contributed by atoms with Crippen LogP contribution in [-0.2, 0) is 34.2 Å². The highest BCUT2D eigenvalue weighted by Gasteiger charge is 2.29. The molecule has 0 amide bonds. The Bertz CT molecular complexity index is 2050. The molecule has 0 spiro atoms. The van der Waals surface area contributed by atoms with Gasteiger partial charge in [0.15, 0.2) is 35.7 Å². The molecule has 1 unspecified atom stereocenters. The van der Waals surface area contributed by atoms with Crippen LogP contribution in [0.2, 0.25) is 0 Å². The van der Waals surface area contributed by atoms with Gasteiger partial charge in [-0.05, 0) is 70.6 Å². The van der Waals surface area contributed by atoms with Crippen LogP contribution >= 0.6 is 0 Å². The van der Waals surface area contributed by atoms with Gasteiger partial charge in [-0.15, -0.1) is 0 Å². The SMILES string of the molecule is COc1cc2c(cc1OC)-c1cc3ccc(OC)c(OS(=O)(=O)c4ccc([N+](=O)[O-])cc4)c3c[n+]1CC2.O=S([O-])c1ccccc1. The lowest BCUT2D eigenvalue weighted by molar-refractivity contribution is -0.686. The summed E-state index contributed by atoms with van der Waals surface area (Å²) in [7, 11) is 0.302. The van der Waals surface area contributed by atoms with Crippen molar-refractivity contribution in [3.05, 3.63) is 107 Å². The topological polar surface area (TPSA) is 158 Å². The molecule has 12 nitrogen and oxygen atoms in total. The Morgan fingerprint density at radius 2 is 1.50 bits per heavy atom. The average Bonchev–Trinajstić information content (AvgIpc) is 3.07. The summed E-state index contributed by atoms with van der Waals surface area (Å²) in [5.74, 6) is 1.54. The molecule has 0 radical (unpaired) electrons. The normalized spacial score (nSPS) is 12.5. The van der Waals surface area contributed by atoms with Crippen molar-refractivity contribution in [3.63, 3.8) is 0 Å². The number of aryl methyl sites for hydroxylation is 2. The van der Waals surface area contributed by atoms with Crippen molar-refractivity contribution in [1.82, 2.24) is 0 Å². The minimum atomic E-state index is -4.31. The molecule has 1 aromatic heterocycles. The van der Waals surface area contributed by atoms with Gasteiger partial charge < -0.3 is 22.9 Å². The average molecular weight is 665 g/mol. The summed E-state index contributed by atoms with van der Waals surface area (Å²) in [5, 5.41) is 12.2. The first-order chi connectivity index (χ1) is 22.1. The first kappa shape index (κ1) is 32.3. The van der Waals surface area contributed by atoms with E-state index in [0.29, 0.717) is 28.3 Å². The molecule has 0 saturated heterocycles. The molecule has 6 rings (SSSR count). The van der Waals surface area contributed by atoms with Gasteiger partial charge in [0.2, 0.25) is 5.69 Å². The smallest absolute Gasteiger partial charge is 0.339 e. The zero-order valence-electron chi connectivity index (χ0n) is 24.9. The van der Waals surface area contributed by atoms with Crippen molar-refractivity contribution >= 4 is 37.7 Å². The second-order valence-electron chi connectivity index (χ2n) is 9.90. The summed E-state index contributed by atoms with van der Waals surface area (Å²) in [6.07, 6.45) is 2.58. The molecule has 1 atom stereocenters. The molecule has 0 N–H and O–H groups in total. The Morgan fingerprint density at radius 1 is 0.848 bits per heavy atom. The van der Waals surface area contributed by atoms with E-state index < -0.39 is 26.1 Å². The van der Waals surface area contributed by atoms with E-state index in [-0.39, 0.29) is 22.1 Å². The zero-order valence-corrected chi connectivity index (χ0v) is 26.5. The second kappa shape index (κ2) is 13.5. The molecular formula is C32H28N2O10S2. The van der Waals surface area contributed by atoms with Gasteiger partial charge in [-0.1, -0.05) is 18.2 Å². The summed E-state index contributed by atoms with van der Waals surface area (Å²) in [4.78, 5) is 10.5. The lowest BCUT2D eigenvalue weighted by Gasteiger charge is -2.19. The van der Waals surface area contributed by atoms with E-state index in [1.165, 1.54) is 7.11 Å². The Balaban J connectivity index is 0.000000400. The van der Waals surface area contributed by atoms with Crippen molar-refractivity contribution in [2.45, 2.75) is 22.8 Å². The summed E-state index contributed by atoms with van der Waals surface area (Å²) in [5.41, 5.74) is 2.81. The number of hydrogen-bond donors (Lipinski definition) is 0. The van der Waals surface area contributed by atoms with Crippen LogP contribution in [0.4, 0.5) is 5.69 Å². The number of rotatable bonds is 8. The molecule has 0 bridgehead atoms. The highest BCUT2D eigenvalue weighted by molar-refractivity contribution is 7.87. The van der Waals surface area contributed by atoms with Gasteiger partial charge in [0, 0.05) is 29.5 Å². The van der Waals surface area contributed by atoms with Gasteiger partial charge in [-0.2, -0.15) is 13.0 Å². The van der Waals surface area contributed by atoms with Gasteiger partial charge >= 0.3 is 10.1 Å². The maximum Gasteiger partial charge on any atom is 0.339 e. The predicted octanol–water partition coefficient (Wildman–Crippen LogP) is 4.98. The van der Waals surface area contributed by atoms with E-state index in [0.717, 1.165) is 52.9 Å². The number of aromatic nitrogens is 1. The van der Waals surface area contributed by atoms with Crippen LogP contribution < -0.4 is 23.0 Å². The number of pyridine rings is 1. The largest absolute Gasteiger partial charge is 0.768 e. The van der Waals surface area contributed by atoms with Gasteiger partial charge in [0.05, 0.1) is 37.2 Å². The maximum atomic E-state index is 13.1. The number of benzene rings is 4. The van der Waals surface area contributed by atoms with Crippen molar-refractivity contribution in [2.24, 2.45) is 0 Å². The molecule has 4 aromatic carbocycles. The lowest BCUT2D eigenvalue weighted by atomic mass is 9.95. The molecule has 1 aliphatic heterocycles. The minimum Gasteiger partial charge on any atom is -0.768 e. The first-order valence-electron chi connectivity index (χ1n) is 13.7. The monoisotopic (exact) mass is 664 g/mol. The number of nitro groups is 1. The molecule has 0 aliphatic carbocycles. The van der Waals surface area contributed by atoms with Crippen LogP contribution in [0.3, 0.4) is 0 Å². The summed E-state index contributed by atoms with van der Waals surface area (Å²) in [6, 6.07) is 22.1. The highest BCUT2D eigenvalue weighted by atomic mass is 32.2. The van der Waals surface area contributed by atoms with E-state index >= 15 is 0 Å². The van der Waals surface area contributed by atoms with Crippen LogP contribution in [0.15, 0.2) is 101 Å². The van der Waals surface area contributed by atoms with Gasteiger partial charge in [0.25, 0.3) is 5.69 Å². The lowest BCUT2D eigenvalue weighted by Crippen LogP contribution is -2.40. The third-order valence-corrected chi connectivity index (χ3v) is 9.17. The van der Waals surface area contributed by atoms with Gasteiger partial charge in [-0.3, -0.25) is 14.3 Å². The van der Waals surface area contributed by atoms with Crippen molar-refractivity contribution < 1.29 is 45.1 Å². The minimum absolute atomic E-state index is 0.0340. The summed E-state index contributed by atoms with van der Waals surface area (Å²) < 4.78 is 70.6. The summed E-state index contributed by atoms with van der Waals surface area (Å²) >= 11 is -2.08. The predicted molar refractivity (Wildman–Crippen MR) is 167 cm³/mol. The molecule has 0 saturated carbocycles. The van der Waals surface area contributed by atoms with Crippen LogP contribution in [-0.4, -0.2) is 43.4 Å². The number of non-ortho nitro benzene ring substituents is 1. The fourth-order valence-electron chi connectivity index (χ4n) is 5.00. The van der Waals surface area contributed by atoms with Crippen LogP contribution in [0, 0.1) is 10.1 Å². The van der Waals surface area contributed by atoms with Crippen LogP contribution in [0.1, 0.15) is 5.56 Å². The molecule has 238 valence electrons. The Morgan fingerprint density at radius 3 is 2.09 bits per heavy atom. The molecule has 5 aromatic rings. The van der Waals surface area contributed by atoms with E-state index in [9.17, 15) is 27.3 Å². The van der Waals surface area contributed by atoms with Crippen LogP contribution in [0.5, 0.6) is 23.0 Å². The fraction of sp³-hybridized carbons (Fsp3) is 0.156. The van der Waals surface area contributed by atoms with Crippen molar-refractivity contribution in [1.29, 1.82) is 0 Å². The van der Waals surface area contributed by atoms with E-state index in [4.69, 9.17) is 18.4 Å². The number of ether oxygens (including phenoxy) is 3. The Labute approximate surface area is 267 Å². The molecular weight excluding hydrogens is 636 g/mol. The second-order valence-corrected chi connectivity index (χ2v) is 12.4. The zero-order chi connectivity index (χ0) is 33.0. The maximum absolute atomic E-state index is 13.1. The third-order valence-electron chi connectivity index (χ3n) is 7.27. The quantitative estimate of drug-likeness (QED) is 0.0729. The van der Waals surface area contributed by atoms with E-state index in [2.05, 4.69) is 0 Å². The van der Waals surface area contributed by atoms with E-state index in [1.54, 1.807) is 50.6 Å². The van der Waals surface area contributed by atoms with Gasteiger partial charge in [0.1, 0.15) is 4.90 Å². The van der Waals surface area contributed by atoms with E-state index in [1.807, 2.05) is 35.0 Å². The third kappa shape index (κ3) is 6.63. The molecule has 46 heavy (non-hydrogen) atoms. The number of nitrogens with zero attached hydrogens (tertiary/aromatic N) is 2. The fourth-order valence-corrected chi connectivity index (χ4v) is 6.34. The number of fused-ring (bicyclic) bond motifs is 4. The van der Waals surface area contributed by atoms with Crippen molar-refractivity contribution in [2.75, 3.05) is 21.3 Å². The Kier molecular flexibility index (Phi) is 9.51. The van der Waals surface area contributed by atoms with Crippen molar-refractivity contribution in [3.8, 4) is 34.3 Å². The van der Waals surface area contributed by atoms with Crippen LogP contribution in [0.25, 0.3) is 22.0 Å². The number of methoxy groups -OCH3 is 3. The number of nitro benzene ring substituents is 1. The molecule has 2 heterocycles. The standard InChI is InChI=1S/C26H23N2O8S.C6H6O2S/c1-33-23-9-4-16-12-22-20-14-25(35-3)24(34-2)13-17(20)10-11-27(22)15-21(16)26(23)36-37(31,32)19-7-5-18(6-8-19)28(29)30;7-9(8)6-4-2-1-3-5-6/h4-9,12-15H,10-11H2,1-3H3;1-5H,(H,7,8)/q+1;/p-1. The highest BCUT2D eigenvalue weighted by Crippen LogP contribution is 2.41.